The van der Waals surface area contributed by atoms with E-state index in [-0.39, 0.29) is 0 Å². The molecule has 2 N–H and O–H groups in total. The molecule has 0 unspecified atom stereocenters. The van der Waals surface area contributed by atoms with Gasteiger partial charge in [-0.2, -0.15) is 5.26 Å². The third-order valence-corrected chi connectivity index (χ3v) is 3.10. The number of hydrogen-bond acceptors (Lipinski definition) is 5. The highest BCUT2D eigenvalue weighted by atomic mass is 15.2. The number of nitrogens with zero attached hydrogens (tertiary/aromatic N) is 4. The highest BCUT2D eigenvalue weighted by Gasteiger charge is 2.27. The maximum Gasteiger partial charge on any atom is 0.136 e. The van der Waals surface area contributed by atoms with Gasteiger partial charge >= 0.3 is 0 Å². The van der Waals surface area contributed by atoms with Crippen LogP contribution >= 0.6 is 0 Å². The molecule has 0 aliphatic heterocycles. The fourth-order valence-corrected chi connectivity index (χ4v) is 2.08. The first-order chi connectivity index (χ1) is 9.10. The quantitative estimate of drug-likeness (QED) is 0.848. The summed E-state index contributed by atoms with van der Waals surface area (Å²) in [4.78, 5) is 11.1. The first-order valence-electron chi connectivity index (χ1n) is 6.86. The molecule has 1 aromatic rings. The molecule has 5 heteroatoms. The van der Waals surface area contributed by atoms with E-state index in [1.165, 1.54) is 0 Å². The van der Waals surface area contributed by atoms with Crippen LogP contribution in [0.1, 0.15) is 44.9 Å². The lowest BCUT2D eigenvalue weighted by atomic mass is 10.2. The number of nitrogens with two attached hydrogens (primary N) is 1. The zero-order valence-corrected chi connectivity index (χ0v) is 11.6. The minimum Gasteiger partial charge on any atom is -0.384 e. The van der Waals surface area contributed by atoms with Crippen LogP contribution in [0.25, 0.3) is 0 Å². The van der Waals surface area contributed by atoms with Crippen LogP contribution < -0.4 is 10.6 Å². The van der Waals surface area contributed by atoms with Crippen LogP contribution in [0.5, 0.6) is 0 Å². The van der Waals surface area contributed by atoms with Crippen molar-refractivity contribution in [1.82, 2.24) is 9.97 Å². The van der Waals surface area contributed by atoms with E-state index in [4.69, 9.17) is 11.0 Å². The molecule has 102 valence electrons. The molecule has 1 fully saturated rings. The van der Waals surface area contributed by atoms with E-state index in [0.29, 0.717) is 30.6 Å². The molecule has 0 saturated heterocycles. The minimum absolute atomic E-state index is 0.485. The molecule has 1 heterocycles. The monoisotopic (exact) mass is 259 g/mol. The van der Waals surface area contributed by atoms with Gasteiger partial charge in [-0.3, -0.25) is 0 Å². The largest absolute Gasteiger partial charge is 0.384 e. The van der Waals surface area contributed by atoms with Crippen molar-refractivity contribution in [1.29, 1.82) is 5.26 Å². The van der Waals surface area contributed by atoms with Crippen molar-refractivity contribution in [3.05, 3.63) is 11.9 Å². The molecule has 5 nitrogen and oxygen atoms in total. The van der Waals surface area contributed by atoms with Crippen molar-refractivity contribution in [3.63, 3.8) is 0 Å². The molecule has 1 aliphatic rings. The third kappa shape index (κ3) is 3.82. The molecule has 1 aliphatic carbocycles. The summed E-state index contributed by atoms with van der Waals surface area (Å²) in [6.07, 6.45) is 2.81. The molecule has 19 heavy (non-hydrogen) atoms. The lowest BCUT2D eigenvalue weighted by molar-refractivity contribution is 0.606. The normalized spacial score (nSPS) is 14.4. The van der Waals surface area contributed by atoms with Crippen LogP contribution in [0, 0.1) is 17.2 Å². The highest BCUT2D eigenvalue weighted by Crippen LogP contribution is 2.38. The van der Waals surface area contributed by atoms with Crippen LogP contribution in [0.15, 0.2) is 6.07 Å². The van der Waals surface area contributed by atoms with E-state index in [9.17, 15) is 0 Å². The second-order valence-electron chi connectivity index (χ2n) is 5.53. The van der Waals surface area contributed by atoms with Gasteiger partial charge in [-0.15, -0.1) is 0 Å². The Bertz CT molecular complexity index is 473. The SMILES string of the molecule is CC(C)CN(CCC#N)c1cc(N)nc(C2CC2)n1. The molecule has 1 aromatic heterocycles. The molecule has 0 spiro atoms. The predicted molar refractivity (Wildman–Crippen MR) is 75.7 cm³/mol. The number of nitrogen functional groups attached to an aromatic ring is 1. The molecule has 2 rings (SSSR count). The van der Waals surface area contributed by atoms with E-state index < -0.39 is 0 Å². The number of nitriles is 1. The van der Waals surface area contributed by atoms with Gasteiger partial charge in [-0.1, -0.05) is 13.8 Å². The molecular weight excluding hydrogens is 238 g/mol. The molecule has 0 atom stereocenters. The number of aromatic nitrogens is 2. The number of rotatable bonds is 6. The molecule has 0 bridgehead atoms. The molecule has 0 aromatic carbocycles. The first kappa shape index (κ1) is 13.6. The zero-order chi connectivity index (χ0) is 13.8. The smallest absolute Gasteiger partial charge is 0.136 e. The van der Waals surface area contributed by atoms with Gasteiger partial charge in [0.2, 0.25) is 0 Å². The number of hydrogen-bond donors (Lipinski definition) is 1. The van der Waals surface area contributed by atoms with E-state index in [1.807, 2.05) is 6.07 Å². The van der Waals surface area contributed by atoms with Gasteiger partial charge in [0, 0.05) is 25.1 Å². The summed E-state index contributed by atoms with van der Waals surface area (Å²) in [5.74, 6) is 3.25. The average molecular weight is 259 g/mol. The average Bonchev–Trinajstić information content (AvgIpc) is 3.17. The Morgan fingerprint density at radius 2 is 2.21 bits per heavy atom. The Morgan fingerprint density at radius 3 is 2.79 bits per heavy atom. The Morgan fingerprint density at radius 1 is 1.47 bits per heavy atom. The fourth-order valence-electron chi connectivity index (χ4n) is 2.08. The fraction of sp³-hybridized carbons (Fsp3) is 0.643. The summed E-state index contributed by atoms with van der Waals surface area (Å²) < 4.78 is 0. The van der Waals surface area contributed by atoms with Crippen molar-refractivity contribution >= 4 is 11.6 Å². The van der Waals surface area contributed by atoms with Crippen LogP contribution in [0.4, 0.5) is 11.6 Å². The van der Waals surface area contributed by atoms with Crippen molar-refractivity contribution in [3.8, 4) is 6.07 Å². The number of anilines is 2. The van der Waals surface area contributed by atoms with E-state index >= 15 is 0 Å². The van der Waals surface area contributed by atoms with E-state index in [0.717, 1.165) is 31.0 Å². The van der Waals surface area contributed by atoms with Crippen molar-refractivity contribution in [2.75, 3.05) is 23.7 Å². The maximum absolute atomic E-state index is 8.77. The summed E-state index contributed by atoms with van der Waals surface area (Å²) in [5.41, 5.74) is 5.88. The lowest BCUT2D eigenvalue weighted by Gasteiger charge is -2.25. The predicted octanol–water partition coefficient (Wildman–Crippen LogP) is 2.31. The molecule has 0 radical (unpaired) electrons. The van der Waals surface area contributed by atoms with Crippen LogP contribution in [0.3, 0.4) is 0 Å². The Balaban J connectivity index is 2.21. The van der Waals surface area contributed by atoms with Crippen molar-refractivity contribution < 1.29 is 0 Å². The molecular formula is C14H21N5. The third-order valence-electron chi connectivity index (χ3n) is 3.10. The Labute approximate surface area is 114 Å². The summed E-state index contributed by atoms with van der Waals surface area (Å²) in [6.45, 7) is 5.88. The summed E-state index contributed by atoms with van der Waals surface area (Å²) in [6, 6.07) is 4.00. The summed E-state index contributed by atoms with van der Waals surface area (Å²) in [7, 11) is 0. The van der Waals surface area contributed by atoms with Crippen molar-refractivity contribution in [2.24, 2.45) is 5.92 Å². The summed E-state index contributed by atoms with van der Waals surface area (Å²) in [5, 5.41) is 8.77. The molecule has 0 amide bonds. The van der Waals surface area contributed by atoms with E-state index in [1.54, 1.807) is 0 Å². The summed E-state index contributed by atoms with van der Waals surface area (Å²) >= 11 is 0. The second kappa shape index (κ2) is 5.87. The van der Waals surface area contributed by atoms with Crippen LogP contribution in [0.2, 0.25) is 0 Å². The van der Waals surface area contributed by atoms with Crippen LogP contribution in [-0.4, -0.2) is 23.1 Å². The minimum atomic E-state index is 0.485. The van der Waals surface area contributed by atoms with Gasteiger partial charge in [0.1, 0.15) is 17.5 Å². The first-order valence-corrected chi connectivity index (χ1v) is 6.86. The van der Waals surface area contributed by atoms with Gasteiger partial charge in [-0.25, -0.2) is 9.97 Å². The van der Waals surface area contributed by atoms with Gasteiger partial charge in [0.05, 0.1) is 12.5 Å². The van der Waals surface area contributed by atoms with Gasteiger partial charge < -0.3 is 10.6 Å². The van der Waals surface area contributed by atoms with E-state index in [2.05, 4.69) is 34.8 Å². The van der Waals surface area contributed by atoms with Gasteiger partial charge in [0.15, 0.2) is 0 Å². The maximum atomic E-state index is 8.77. The van der Waals surface area contributed by atoms with Crippen LogP contribution in [-0.2, 0) is 0 Å². The second-order valence-corrected chi connectivity index (χ2v) is 5.53. The highest BCUT2D eigenvalue weighted by molar-refractivity contribution is 5.47. The Kier molecular flexibility index (Phi) is 4.20. The molecule has 1 saturated carbocycles. The van der Waals surface area contributed by atoms with Crippen molar-refractivity contribution in [2.45, 2.75) is 39.0 Å². The zero-order valence-electron chi connectivity index (χ0n) is 11.6. The van der Waals surface area contributed by atoms with Gasteiger partial charge in [-0.05, 0) is 18.8 Å². The lowest BCUT2D eigenvalue weighted by Crippen LogP contribution is -2.29. The van der Waals surface area contributed by atoms with Gasteiger partial charge in [0.25, 0.3) is 0 Å². The topological polar surface area (TPSA) is 78.8 Å². The Hall–Kier alpha value is -1.83. The standard InChI is InChI=1S/C14H21N5/c1-10(2)9-19(7-3-6-15)13-8-12(16)17-14(18-13)11-4-5-11/h8,10-11H,3-5,7,9H2,1-2H3,(H2,16,17,18).